The molecule has 0 bridgehead atoms. The molecule has 0 aliphatic carbocycles. The average Bonchev–Trinajstić information content (AvgIpc) is 2.21. The van der Waals surface area contributed by atoms with Crippen LogP contribution in [0.5, 0.6) is 5.75 Å². The highest BCUT2D eigenvalue weighted by Crippen LogP contribution is 2.18. The Morgan fingerprint density at radius 1 is 1.56 bits per heavy atom. The van der Waals surface area contributed by atoms with E-state index < -0.39 is 11.4 Å². The van der Waals surface area contributed by atoms with Crippen molar-refractivity contribution in [2.45, 2.75) is 19.4 Å². The Labute approximate surface area is 94.5 Å². The van der Waals surface area contributed by atoms with Crippen molar-refractivity contribution < 1.29 is 9.90 Å². The van der Waals surface area contributed by atoms with Gasteiger partial charge in [0.1, 0.15) is 5.75 Å². The Kier molecular flexibility index (Phi) is 3.09. The van der Waals surface area contributed by atoms with Crippen molar-refractivity contribution in [2.24, 2.45) is 0 Å². The van der Waals surface area contributed by atoms with Crippen LogP contribution in [0.15, 0.2) is 18.2 Å². The van der Waals surface area contributed by atoms with E-state index in [2.05, 4.69) is 11.2 Å². The first kappa shape index (κ1) is 11.9. The van der Waals surface area contributed by atoms with Gasteiger partial charge in [-0.15, -0.1) is 6.42 Å². The fourth-order valence-electron chi connectivity index (χ4n) is 1.13. The highest BCUT2D eigenvalue weighted by atomic mass is 16.3. The van der Waals surface area contributed by atoms with E-state index in [1.54, 1.807) is 13.8 Å². The van der Waals surface area contributed by atoms with Gasteiger partial charge in [-0.1, -0.05) is 5.92 Å². The molecule has 0 saturated heterocycles. The molecule has 0 aliphatic rings. The van der Waals surface area contributed by atoms with Crippen LogP contribution >= 0.6 is 0 Å². The SMILES string of the molecule is C#CC(C)(C)NC(=O)c1cc(O)ccc1N. The van der Waals surface area contributed by atoms with Crippen LogP contribution in [0.3, 0.4) is 0 Å². The van der Waals surface area contributed by atoms with Crippen LogP contribution in [-0.2, 0) is 0 Å². The third-order valence-corrected chi connectivity index (χ3v) is 2.07. The molecule has 1 rings (SSSR count). The molecule has 1 aromatic rings. The number of nitrogens with two attached hydrogens (primary N) is 1. The van der Waals surface area contributed by atoms with Crippen molar-refractivity contribution >= 4 is 11.6 Å². The number of hydrogen-bond donors (Lipinski definition) is 3. The number of rotatable bonds is 2. The summed E-state index contributed by atoms with van der Waals surface area (Å²) in [6.45, 7) is 3.40. The second kappa shape index (κ2) is 4.15. The zero-order chi connectivity index (χ0) is 12.3. The second-order valence-electron chi connectivity index (χ2n) is 4.00. The molecule has 4 N–H and O–H groups in total. The van der Waals surface area contributed by atoms with Crippen LogP contribution in [0.4, 0.5) is 5.69 Å². The Morgan fingerprint density at radius 3 is 2.75 bits per heavy atom. The normalized spacial score (nSPS) is 10.6. The molecule has 0 unspecified atom stereocenters. The van der Waals surface area contributed by atoms with Crippen LogP contribution in [-0.4, -0.2) is 16.6 Å². The Balaban J connectivity index is 2.98. The lowest BCUT2D eigenvalue weighted by Crippen LogP contribution is -2.42. The van der Waals surface area contributed by atoms with E-state index in [0.717, 1.165) is 0 Å². The summed E-state index contributed by atoms with van der Waals surface area (Å²) in [6, 6.07) is 4.18. The monoisotopic (exact) mass is 218 g/mol. The number of nitrogen functional groups attached to an aromatic ring is 1. The molecule has 1 aromatic carbocycles. The molecular formula is C12H14N2O2. The van der Waals surface area contributed by atoms with E-state index in [-0.39, 0.29) is 11.3 Å². The minimum atomic E-state index is -0.755. The second-order valence-corrected chi connectivity index (χ2v) is 4.00. The third kappa shape index (κ3) is 2.67. The van der Waals surface area contributed by atoms with Gasteiger partial charge in [0.25, 0.3) is 5.91 Å². The summed E-state index contributed by atoms with van der Waals surface area (Å²) in [4.78, 5) is 11.8. The van der Waals surface area contributed by atoms with Crippen LogP contribution in [0, 0.1) is 12.3 Å². The standard InChI is InChI=1S/C12H14N2O2/c1-4-12(2,3)14-11(16)9-7-8(15)5-6-10(9)13/h1,5-7,15H,13H2,2-3H3,(H,14,16). The van der Waals surface area contributed by atoms with Crippen molar-refractivity contribution in [1.29, 1.82) is 0 Å². The average molecular weight is 218 g/mol. The molecular weight excluding hydrogens is 204 g/mol. The fraction of sp³-hybridized carbons (Fsp3) is 0.250. The maximum absolute atomic E-state index is 11.8. The molecule has 0 spiro atoms. The van der Waals surface area contributed by atoms with Crippen molar-refractivity contribution in [2.75, 3.05) is 5.73 Å². The number of phenolic OH excluding ortho intramolecular Hbond substituents is 1. The predicted octanol–water partition coefficient (Wildman–Crippen LogP) is 1.12. The van der Waals surface area contributed by atoms with Gasteiger partial charge in [0.05, 0.1) is 11.1 Å². The third-order valence-electron chi connectivity index (χ3n) is 2.07. The number of hydrogen-bond acceptors (Lipinski definition) is 3. The zero-order valence-corrected chi connectivity index (χ0v) is 9.24. The van der Waals surface area contributed by atoms with Gasteiger partial charge < -0.3 is 16.2 Å². The van der Waals surface area contributed by atoms with Crippen molar-refractivity contribution in [1.82, 2.24) is 5.32 Å². The lowest BCUT2D eigenvalue weighted by atomic mass is 10.1. The van der Waals surface area contributed by atoms with Gasteiger partial charge in [0, 0.05) is 5.69 Å². The number of carbonyl (C=O) groups excluding carboxylic acids is 1. The molecule has 84 valence electrons. The van der Waals surface area contributed by atoms with E-state index in [1.165, 1.54) is 18.2 Å². The van der Waals surface area contributed by atoms with E-state index in [0.29, 0.717) is 5.69 Å². The number of amides is 1. The molecule has 16 heavy (non-hydrogen) atoms. The van der Waals surface area contributed by atoms with Gasteiger partial charge in [-0.2, -0.15) is 0 Å². The largest absolute Gasteiger partial charge is 0.508 e. The molecule has 4 heteroatoms. The summed E-state index contributed by atoms with van der Waals surface area (Å²) in [6.07, 6.45) is 5.26. The number of phenols is 1. The predicted molar refractivity (Wildman–Crippen MR) is 62.9 cm³/mol. The van der Waals surface area contributed by atoms with Crippen molar-refractivity contribution in [3.8, 4) is 18.1 Å². The minimum absolute atomic E-state index is 0.0159. The highest BCUT2D eigenvalue weighted by molar-refractivity contribution is 6.00. The number of aromatic hydroxyl groups is 1. The molecule has 0 atom stereocenters. The zero-order valence-electron chi connectivity index (χ0n) is 9.24. The first-order valence-corrected chi connectivity index (χ1v) is 4.74. The van der Waals surface area contributed by atoms with Crippen molar-refractivity contribution in [3.05, 3.63) is 23.8 Å². The summed E-state index contributed by atoms with van der Waals surface area (Å²) in [7, 11) is 0. The maximum atomic E-state index is 11.8. The molecule has 0 heterocycles. The van der Waals surface area contributed by atoms with Crippen LogP contribution in [0.2, 0.25) is 0 Å². The van der Waals surface area contributed by atoms with Crippen molar-refractivity contribution in [3.63, 3.8) is 0 Å². The fourth-order valence-corrected chi connectivity index (χ4v) is 1.13. The first-order chi connectivity index (χ1) is 7.35. The van der Waals surface area contributed by atoms with Crippen LogP contribution in [0.1, 0.15) is 24.2 Å². The molecule has 0 aromatic heterocycles. The van der Waals surface area contributed by atoms with Gasteiger partial charge in [0.15, 0.2) is 0 Å². The summed E-state index contributed by atoms with van der Waals surface area (Å²) in [5, 5.41) is 11.9. The first-order valence-electron chi connectivity index (χ1n) is 4.74. The van der Waals surface area contributed by atoms with Crippen LogP contribution < -0.4 is 11.1 Å². The van der Waals surface area contributed by atoms with Gasteiger partial charge in [-0.05, 0) is 32.0 Å². The molecule has 0 fully saturated rings. The Hall–Kier alpha value is -2.15. The summed E-state index contributed by atoms with van der Waals surface area (Å²) < 4.78 is 0. The molecule has 0 saturated carbocycles. The maximum Gasteiger partial charge on any atom is 0.254 e. The lowest BCUT2D eigenvalue weighted by molar-refractivity contribution is 0.0930. The van der Waals surface area contributed by atoms with E-state index >= 15 is 0 Å². The Morgan fingerprint density at radius 2 is 2.19 bits per heavy atom. The Bertz CT molecular complexity index is 459. The number of anilines is 1. The van der Waals surface area contributed by atoms with E-state index in [4.69, 9.17) is 12.2 Å². The number of terminal acetylenes is 1. The van der Waals surface area contributed by atoms with Crippen LogP contribution in [0.25, 0.3) is 0 Å². The van der Waals surface area contributed by atoms with E-state index in [9.17, 15) is 9.90 Å². The molecule has 4 nitrogen and oxygen atoms in total. The van der Waals surface area contributed by atoms with Gasteiger partial charge in [0.2, 0.25) is 0 Å². The topological polar surface area (TPSA) is 75.3 Å². The number of nitrogens with one attached hydrogen (secondary N) is 1. The summed E-state index contributed by atoms with van der Waals surface area (Å²) in [5.74, 6) is 2.02. The number of benzene rings is 1. The van der Waals surface area contributed by atoms with Gasteiger partial charge in [-0.3, -0.25) is 4.79 Å². The van der Waals surface area contributed by atoms with E-state index in [1.807, 2.05) is 0 Å². The molecule has 1 amide bonds. The molecule has 0 radical (unpaired) electrons. The summed E-state index contributed by atoms with van der Waals surface area (Å²) >= 11 is 0. The summed E-state index contributed by atoms with van der Waals surface area (Å²) in [5.41, 5.74) is 5.38. The number of carbonyl (C=O) groups is 1. The molecule has 0 aliphatic heterocycles. The van der Waals surface area contributed by atoms with Gasteiger partial charge in [-0.25, -0.2) is 0 Å². The lowest BCUT2D eigenvalue weighted by Gasteiger charge is -2.20. The highest BCUT2D eigenvalue weighted by Gasteiger charge is 2.19. The minimum Gasteiger partial charge on any atom is -0.508 e. The smallest absolute Gasteiger partial charge is 0.254 e. The van der Waals surface area contributed by atoms with Gasteiger partial charge >= 0.3 is 0 Å². The quantitative estimate of drug-likeness (QED) is 0.395.